The van der Waals surface area contributed by atoms with E-state index in [0.717, 1.165) is 17.6 Å². The zero-order chi connectivity index (χ0) is 13.9. The van der Waals surface area contributed by atoms with Crippen molar-refractivity contribution < 1.29 is 0 Å². The van der Waals surface area contributed by atoms with E-state index in [1.807, 2.05) is 7.05 Å². The molecule has 1 heterocycles. The molecule has 0 bridgehead atoms. The van der Waals surface area contributed by atoms with E-state index in [0.29, 0.717) is 0 Å². The average molecular weight is 329 g/mol. The molecule has 0 aliphatic rings. The summed E-state index contributed by atoms with van der Waals surface area (Å²) in [4.78, 5) is 0. The van der Waals surface area contributed by atoms with Crippen LogP contribution in [0.3, 0.4) is 0 Å². The minimum absolute atomic E-state index is 0.897. The monoisotopic (exact) mass is 328 g/mol. The Morgan fingerprint density at radius 3 is 2.55 bits per heavy atom. The third kappa shape index (κ3) is 2.65. The molecule has 3 heteroatoms. The van der Waals surface area contributed by atoms with Gasteiger partial charge in [-0.2, -0.15) is 0 Å². The van der Waals surface area contributed by atoms with Crippen molar-refractivity contribution in [2.75, 3.05) is 7.05 Å². The largest absolute Gasteiger partial charge is 0.343 e. The standard InChI is InChI=1S/C17H17BrN2/c1-19-10-14-12-20(17-5-3-2-4-16(14)17)11-13-6-8-15(18)9-7-13/h2-9,12,19H,10-11H2,1H3. The summed E-state index contributed by atoms with van der Waals surface area (Å²) in [5.74, 6) is 0. The van der Waals surface area contributed by atoms with Gasteiger partial charge in [-0.25, -0.2) is 0 Å². The summed E-state index contributed by atoms with van der Waals surface area (Å²) in [6.07, 6.45) is 2.25. The van der Waals surface area contributed by atoms with Gasteiger partial charge in [-0.15, -0.1) is 0 Å². The van der Waals surface area contributed by atoms with Gasteiger partial charge < -0.3 is 9.88 Å². The van der Waals surface area contributed by atoms with Crippen LogP contribution in [0.15, 0.2) is 59.2 Å². The second-order valence-electron chi connectivity index (χ2n) is 4.96. The van der Waals surface area contributed by atoms with Gasteiger partial charge in [-0.3, -0.25) is 0 Å². The predicted octanol–water partition coefficient (Wildman–Crippen LogP) is 4.17. The quantitative estimate of drug-likeness (QED) is 0.760. The van der Waals surface area contributed by atoms with Crippen LogP contribution in [0.4, 0.5) is 0 Å². The molecule has 3 rings (SSSR count). The maximum atomic E-state index is 3.48. The lowest BCUT2D eigenvalue weighted by atomic mass is 10.2. The zero-order valence-corrected chi connectivity index (χ0v) is 13.0. The molecule has 0 amide bonds. The number of para-hydroxylation sites is 1. The molecule has 2 aromatic carbocycles. The van der Waals surface area contributed by atoms with Gasteiger partial charge >= 0.3 is 0 Å². The number of nitrogens with one attached hydrogen (secondary N) is 1. The van der Waals surface area contributed by atoms with E-state index in [1.165, 1.54) is 22.0 Å². The van der Waals surface area contributed by atoms with E-state index in [-0.39, 0.29) is 0 Å². The van der Waals surface area contributed by atoms with Gasteiger partial charge in [0, 0.05) is 34.7 Å². The molecule has 3 aromatic rings. The fourth-order valence-corrected chi connectivity index (χ4v) is 2.84. The van der Waals surface area contributed by atoms with Gasteiger partial charge in [0.2, 0.25) is 0 Å². The van der Waals surface area contributed by atoms with Crippen molar-refractivity contribution in [3.63, 3.8) is 0 Å². The summed E-state index contributed by atoms with van der Waals surface area (Å²) in [6.45, 7) is 1.80. The van der Waals surface area contributed by atoms with Gasteiger partial charge in [0.1, 0.15) is 0 Å². The molecule has 20 heavy (non-hydrogen) atoms. The lowest BCUT2D eigenvalue weighted by Crippen LogP contribution is -2.04. The molecule has 1 aromatic heterocycles. The van der Waals surface area contributed by atoms with E-state index in [9.17, 15) is 0 Å². The first-order chi connectivity index (χ1) is 9.78. The predicted molar refractivity (Wildman–Crippen MR) is 87.9 cm³/mol. The molecule has 0 spiro atoms. The van der Waals surface area contributed by atoms with Crippen LogP contribution in [0, 0.1) is 0 Å². The highest BCUT2D eigenvalue weighted by Crippen LogP contribution is 2.22. The smallest absolute Gasteiger partial charge is 0.0486 e. The number of fused-ring (bicyclic) bond motifs is 1. The fraction of sp³-hybridized carbons (Fsp3) is 0.176. The van der Waals surface area contributed by atoms with Crippen molar-refractivity contribution in [1.82, 2.24) is 9.88 Å². The first-order valence-corrected chi connectivity index (χ1v) is 7.53. The van der Waals surface area contributed by atoms with Crippen molar-refractivity contribution in [3.8, 4) is 0 Å². The number of hydrogen-bond donors (Lipinski definition) is 1. The highest BCUT2D eigenvalue weighted by Gasteiger charge is 2.07. The Morgan fingerprint density at radius 2 is 1.80 bits per heavy atom. The van der Waals surface area contributed by atoms with Crippen LogP contribution in [-0.4, -0.2) is 11.6 Å². The molecule has 0 saturated heterocycles. The Bertz CT molecular complexity index is 713. The topological polar surface area (TPSA) is 17.0 Å². The third-order valence-corrected chi connectivity index (χ3v) is 4.03. The highest BCUT2D eigenvalue weighted by molar-refractivity contribution is 9.10. The molecule has 0 fully saturated rings. The Balaban J connectivity index is 2.00. The third-order valence-electron chi connectivity index (χ3n) is 3.50. The Hall–Kier alpha value is -1.58. The summed E-state index contributed by atoms with van der Waals surface area (Å²) in [7, 11) is 1.99. The van der Waals surface area contributed by atoms with Crippen LogP contribution < -0.4 is 5.32 Å². The number of aromatic nitrogens is 1. The van der Waals surface area contributed by atoms with Gasteiger partial charge in [0.25, 0.3) is 0 Å². The molecule has 102 valence electrons. The van der Waals surface area contributed by atoms with Crippen LogP contribution in [-0.2, 0) is 13.1 Å². The molecule has 0 unspecified atom stereocenters. The molecule has 2 nitrogen and oxygen atoms in total. The molecular formula is C17H17BrN2. The maximum absolute atomic E-state index is 3.48. The number of nitrogens with zero attached hydrogens (tertiary/aromatic N) is 1. The molecule has 1 N–H and O–H groups in total. The Kier molecular flexibility index (Phi) is 3.90. The average Bonchev–Trinajstić information content (AvgIpc) is 2.81. The molecular weight excluding hydrogens is 312 g/mol. The van der Waals surface area contributed by atoms with Crippen molar-refractivity contribution >= 4 is 26.8 Å². The van der Waals surface area contributed by atoms with E-state index in [1.54, 1.807) is 0 Å². The summed E-state index contributed by atoms with van der Waals surface area (Å²) in [5.41, 5.74) is 3.95. The van der Waals surface area contributed by atoms with E-state index in [4.69, 9.17) is 0 Å². The van der Waals surface area contributed by atoms with Crippen molar-refractivity contribution in [1.29, 1.82) is 0 Å². The zero-order valence-electron chi connectivity index (χ0n) is 11.4. The summed E-state index contributed by atoms with van der Waals surface area (Å²) >= 11 is 3.48. The second-order valence-corrected chi connectivity index (χ2v) is 5.87. The molecule has 0 atom stereocenters. The normalized spacial score (nSPS) is 11.1. The van der Waals surface area contributed by atoms with E-state index < -0.39 is 0 Å². The SMILES string of the molecule is CNCc1cn(Cc2ccc(Br)cc2)c2ccccc12. The minimum atomic E-state index is 0.897. The van der Waals surface area contributed by atoms with E-state index >= 15 is 0 Å². The number of hydrogen-bond acceptors (Lipinski definition) is 1. The molecule has 0 radical (unpaired) electrons. The van der Waals surface area contributed by atoms with Gasteiger partial charge in [-0.1, -0.05) is 46.3 Å². The maximum Gasteiger partial charge on any atom is 0.0486 e. The van der Waals surface area contributed by atoms with Crippen LogP contribution >= 0.6 is 15.9 Å². The number of halogens is 1. The van der Waals surface area contributed by atoms with Gasteiger partial charge in [0.05, 0.1) is 0 Å². The first-order valence-electron chi connectivity index (χ1n) is 6.74. The lowest BCUT2D eigenvalue weighted by molar-refractivity contribution is 0.795. The Morgan fingerprint density at radius 1 is 1.05 bits per heavy atom. The fourth-order valence-electron chi connectivity index (χ4n) is 2.57. The minimum Gasteiger partial charge on any atom is -0.343 e. The van der Waals surface area contributed by atoms with Gasteiger partial charge in [0.15, 0.2) is 0 Å². The Labute approximate surface area is 127 Å². The molecule has 0 saturated carbocycles. The number of rotatable bonds is 4. The van der Waals surface area contributed by atoms with Crippen molar-refractivity contribution in [3.05, 3.63) is 70.3 Å². The highest BCUT2D eigenvalue weighted by atomic mass is 79.9. The van der Waals surface area contributed by atoms with Crippen LogP contribution in [0.5, 0.6) is 0 Å². The summed E-state index contributed by atoms with van der Waals surface area (Å²) in [5, 5.41) is 4.57. The molecule has 0 aliphatic carbocycles. The van der Waals surface area contributed by atoms with Crippen LogP contribution in [0.2, 0.25) is 0 Å². The van der Waals surface area contributed by atoms with Crippen molar-refractivity contribution in [2.24, 2.45) is 0 Å². The van der Waals surface area contributed by atoms with Crippen LogP contribution in [0.25, 0.3) is 10.9 Å². The lowest BCUT2D eigenvalue weighted by Gasteiger charge is -2.05. The van der Waals surface area contributed by atoms with Crippen LogP contribution in [0.1, 0.15) is 11.1 Å². The first kappa shape index (κ1) is 13.4. The summed E-state index contributed by atoms with van der Waals surface area (Å²) < 4.78 is 3.44. The second kappa shape index (κ2) is 5.81. The van der Waals surface area contributed by atoms with Crippen molar-refractivity contribution in [2.45, 2.75) is 13.1 Å². The van der Waals surface area contributed by atoms with E-state index in [2.05, 4.69) is 80.5 Å². The summed E-state index contributed by atoms with van der Waals surface area (Å²) in [6, 6.07) is 17.1. The number of benzene rings is 2. The van der Waals surface area contributed by atoms with Gasteiger partial charge in [-0.05, 0) is 36.4 Å². The molecule has 0 aliphatic heterocycles.